The van der Waals surface area contributed by atoms with Crippen LogP contribution in [0.4, 0.5) is 5.69 Å². The van der Waals surface area contributed by atoms with E-state index >= 15 is 0 Å². The van der Waals surface area contributed by atoms with Gasteiger partial charge in [0.2, 0.25) is 0 Å². The van der Waals surface area contributed by atoms with Gasteiger partial charge in [-0.2, -0.15) is 0 Å². The zero-order chi connectivity index (χ0) is 22.3. The molecule has 0 aliphatic carbocycles. The van der Waals surface area contributed by atoms with E-state index in [1.807, 2.05) is 75.1 Å². The third-order valence-corrected chi connectivity index (χ3v) is 5.78. The van der Waals surface area contributed by atoms with Crippen molar-refractivity contribution in [3.8, 4) is 5.75 Å². The van der Waals surface area contributed by atoms with Gasteiger partial charge < -0.3 is 14.4 Å². The molecule has 31 heavy (non-hydrogen) atoms. The molecule has 1 saturated heterocycles. The molecule has 6 heteroatoms. The molecule has 2 heterocycles. The number of methoxy groups -OCH3 is 1. The van der Waals surface area contributed by atoms with Crippen LogP contribution in [-0.4, -0.2) is 49.1 Å². The predicted octanol–water partition coefficient (Wildman–Crippen LogP) is 3.71. The molecule has 4 rings (SSSR count). The summed E-state index contributed by atoms with van der Waals surface area (Å²) in [7, 11) is 1.57. The Labute approximate surface area is 183 Å². The van der Waals surface area contributed by atoms with Crippen molar-refractivity contribution in [3.05, 3.63) is 64.9 Å². The molecule has 162 valence electrons. The first-order valence-corrected chi connectivity index (χ1v) is 10.6. The van der Waals surface area contributed by atoms with Crippen molar-refractivity contribution >= 4 is 23.1 Å². The molecule has 2 amide bonds. The number of morpholine rings is 1. The van der Waals surface area contributed by atoms with E-state index in [-0.39, 0.29) is 24.0 Å². The van der Waals surface area contributed by atoms with Gasteiger partial charge in [-0.25, -0.2) is 4.90 Å². The van der Waals surface area contributed by atoms with E-state index in [1.165, 1.54) is 4.90 Å². The maximum atomic E-state index is 13.8. The second-order valence-corrected chi connectivity index (χ2v) is 8.32. The summed E-state index contributed by atoms with van der Waals surface area (Å²) in [6.45, 7) is 8.91. The average Bonchev–Trinajstić information content (AvgIpc) is 2.99. The predicted molar refractivity (Wildman–Crippen MR) is 120 cm³/mol. The maximum Gasteiger partial charge on any atom is 0.282 e. The largest absolute Gasteiger partial charge is 0.496 e. The Bertz CT molecular complexity index is 1060. The lowest BCUT2D eigenvalue weighted by Gasteiger charge is -2.37. The number of nitrogens with zero attached hydrogens (tertiary/aromatic N) is 2. The van der Waals surface area contributed by atoms with Gasteiger partial charge in [-0.05, 0) is 51.0 Å². The van der Waals surface area contributed by atoms with Crippen LogP contribution >= 0.6 is 0 Å². The van der Waals surface area contributed by atoms with Crippen molar-refractivity contribution in [2.75, 3.05) is 25.1 Å². The van der Waals surface area contributed by atoms with Gasteiger partial charge in [0, 0.05) is 18.7 Å². The second kappa shape index (κ2) is 8.19. The highest BCUT2D eigenvalue weighted by Gasteiger charge is 2.45. The van der Waals surface area contributed by atoms with Crippen molar-refractivity contribution in [3.63, 3.8) is 0 Å². The summed E-state index contributed by atoms with van der Waals surface area (Å²) >= 11 is 0. The molecular weight excluding hydrogens is 392 g/mol. The molecule has 0 radical (unpaired) electrons. The van der Waals surface area contributed by atoms with Crippen molar-refractivity contribution in [2.24, 2.45) is 0 Å². The number of aryl methyl sites for hydroxylation is 2. The zero-order valence-electron chi connectivity index (χ0n) is 18.6. The van der Waals surface area contributed by atoms with E-state index in [9.17, 15) is 9.59 Å². The fourth-order valence-corrected chi connectivity index (χ4v) is 4.45. The normalized spacial score (nSPS) is 21.8. The number of carbonyl (C=O) groups excluding carboxylic acids is 2. The van der Waals surface area contributed by atoms with Crippen LogP contribution in [0.15, 0.2) is 48.2 Å². The summed E-state index contributed by atoms with van der Waals surface area (Å²) in [5.41, 5.74) is 3.89. The number of benzene rings is 2. The van der Waals surface area contributed by atoms with E-state index in [4.69, 9.17) is 9.47 Å². The Kier molecular flexibility index (Phi) is 5.58. The van der Waals surface area contributed by atoms with Crippen LogP contribution in [0.1, 0.15) is 30.5 Å². The molecule has 2 aromatic carbocycles. The molecule has 2 aliphatic heterocycles. The number of hydrogen-bond acceptors (Lipinski definition) is 5. The standard InChI is InChI=1S/C25H28N2O4/c1-15-10-11-16(2)20(12-15)27-24(28)22(19-8-6-7-9-21(19)30-5)23(25(27)29)26-13-17(3)31-18(4)14-26/h6-12,17-18H,13-14H2,1-5H3. The Hall–Kier alpha value is -3.12. The number of amides is 2. The number of imide groups is 1. The molecule has 0 saturated carbocycles. The molecule has 2 aliphatic rings. The summed E-state index contributed by atoms with van der Waals surface area (Å²) < 4.78 is 11.4. The highest BCUT2D eigenvalue weighted by atomic mass is 16.5. The van der Waals surface area contributed by atoms with E-state index < -0.39 is 0 Å². The van der Waals surface area contributed by atoms with Crippen LogP contribution < -0.4 is 9.64 Å². The smallest absolute Gasteiger partial charge is 0.282 e. The molecule has 6 nitrogen and oxygen atoms in total. The van der Waals surface area contributed by atoms with Crippen molar-refractivity contribution < 1.29 is 19.1 Å². The lowest BCUT2D eigenvalue weighted by Crippen LogP contribution is -2.47. The quantitative estimate of drug-likeness (QED) is 0.706. The summed E-state index contributed by atoms with van der Waals surface area (Å²) in [4.78, 5) is 30.9. The highest BCUT2D eigenvalue weighted by Crippen LogP contribution is 2.40. The molecule has 0 spiro atoms. The molecule has 0 bridgehead atoms. The van der Waals surface area contributed by atoms with Crippen LogP contribution in [0.25, 0.3) is 5.57 Å². The van der Waals surface area contributed by atoms with Gasteiger partial charge in [0.05, 0.1) is 30.6 Å². The van der Waals surface area contributed by atoms with Crippen LogP contribution in [0.5, 0.6) is 5.75 Å². The van der Waals surface area contributed by atoms with Gasteiger partial charge in [-0.1, -0.05) is 30.3 Å². The minimum absolute atomic E-state index is 0.0483. The molecule has 2 atom stereocenters. The third-order valence-electron chi connectivity index (χ3n) is 5.78. The van der Waals surface area contributed by atoms with Gasteiger partial charge in [-0.3, -0.25) is 9.59 Å². The summed E-state index contributed by atoms with van der Waals surface area (Å²) in [6.07, 6.45) is -0.0966. The van der Waals surface area contributed by atoms with Crippen LogP contribution in [0.2, 0.25) is 0 Å². The minimum atomic E-state index is -0.329. The molecule has 0 aromatic heterocycles. The Morgan fingerprint density at radius 1 is 0.968 bits per heavy atom. The summed E-state index contributed by atoms with van der Waals surface area (Å²) in [5, 5.41) is 0. The highest BCUT2D eigenvalue weighted by molar-refractivity contribution is 6.45. The van der Waals surface area contributed by atoms with Crippen LogP contribution in [0.3, 0.4) is 0 Å². The topological polar surface area (TPSA) is 59.1 Å². The van der Waals surface area contributed by atoms with Crippen molar-refractivity contribution in [1.82, 2.24) is 4.90 Å². The minimum Gasteiger partial charge on any atom is -0.496 e. The molecule has 0 N–H and O–H groups in total. The fourth-order valence-electron chi connectivity index (χ4n) is 4.45. The number of carbonyl (C=O) groups is 2. The van der Waals surface area contributed by atoms with E-state index in [0.29, 0.717) is 41.4 Å². The maximum absolute atomic E-state index is 13.8. The summed E-state index contributed by atoms with van der Waals surface area (Å²) in [6, 6.07) is 13.1. The van der Waals surface area contributed by atoms with Crippen LogP contribution in [0, 0.1) is 13.8 Å². The van der Waals surface area contributed by atoms with E-state index in [0.717, 1.165) is 11.1 Å². The Morgan fingerprint density at radius 2 is 1.65 bits per heavy atom. The van der Waals surface area contributed by atoms with Crippen molar-refractivity contribution in [2.45, 2.75) is 39.9 Å². The number of rotatable bonds is 4. The van der Waals surface area contributed by atoms with Gasteiger partial charge in [0.1, 0.15) is 11.4 Å². The number of hydrogen-bond donors (Lipinski definition) is 0. The summed E-state index contributed by atoms with van der Waals surface area (Å²) in [5.74, 6) is -0.0702. The third kappa shape index (κ3) is 3.72. The van der Waals surface area contributed by atoms with E-state index in [2.05, 4.69) is 0 Å². The monoisotopic (exact) mass is 420 g/mol. The number of ether oxygens (including phenoxy) is 2. The van der Waals surface area contributed by atoms with Gasteiger partial charge in [0.25, 0.3) is 11.8 Å². The van der Waals surface area contributed by atoms with E-state index in [1.54, 1.807) is 7.11 Å². The molecular formula is C25H28N2O4. The SMILES string of the molecule is COc1ccccc1C1=C(N2CC(C)OC(C)C2)C(=O)N(c2cc(C)ccc2C)C1=O. The second-order valence-electron chi connectivity index (χ2n) is 8.32. The van der Waals surface area contributed by atoms with Gasteiger partial charge >= 0.3 is 0 Å². The Morgan fingerprint density at radius 3 is 2.32 bits per heavy atom. The van der Waals surface area contributed by atoms with Crippen molar-refractivity contribution in [1.29, 1.82) is 0 Å². The number of anilines is 1. The average molecular weight is 421 g/mol. The van der Waals surface area contributed by atoms with Crippen LogP contribution in [-0.2, 0) is 14.3 Å². The lowest BCUT2D eigenvalue weighted by molar-refractivity contribution is -0.121. The first kappa shape index (κ1) is 21.1. The van der Waals surface area contributed by atoms with Gasteiger partial charge in [-0.15, -0.1) is 0 Å². The first-order chi connectivity index (χ1) is 14.8. The Balaban J connectivity index is 1.90. The fraction of sp³-hybridized carbons (Fsp3) is 0.360. The lowest BCUT2D eigenvalue weighted by atomic mass is 10.0. The zero-order valence-corrected chi connectivity index (χ0v) is 18.6. The first-order valence-electron chi connectivity index (χ1n) is 10.6. The van der Waals surface area contributed by atoms with Gasteiger partial charge in [0.15, 0.2) is 0 Å². The number of para-hydroxylation sites is 1. The molecule has 1 fully saturated rings. The molecule has 2 unspecified atom stereocenters. The molecule has 2 aromatic rings.